The van der Waals surface area contributed by atoms with Crippen LogP contribution in [0.5, 0.6) is 0 Å². The molecule has 1 heterocycles. The van der Waals surface area contributed by atoms with Crippen LogP contribution < -0.4 is 16.4 Å². The minimum absolute atomic E-state index is 0.163. The maximum Gasteiger partial charge on any atom is 0.243 e. The Morgan fingerprint density at radius 2 is 1.12 bits per heavy atom. The van der Waals surface area contributed by atoms with Gasteiger partial charge < -0.3 is 0 Å². The highest BCUT2D eigenvalue weighted by atomic mass is 14.6. The van der Waals surface area contributed by atoms with E-state index in [9.17, 15) is 0 Å². The zero-order valence-electron chi connectivity index (χ0n) is 20.6. The molecular weight excluding hydrogens is 397 g/mol. The molecule has 2 heteroatoms. The first-order valence-electron chi connectivity index (χ1n) is 11.7. The van der Waals surface area contributed by atoms with Crippen LogP contribution in [0, 0.1) is 41.5 Å². The molecule has 0 fully saturated rings. The van der Waals surface area contributed by atoms with Crippen molar-refractivity contribution in [3.63, 3.8) is 0 Å². The lowest BCUT2D eigenvalue weighted by Crippen LogP contribution is -2.56. The van der Waals surface area contributed by atoms with Crippen LogP contribution in [0.4, 0.5) is 0 Å². The van der Waals surface area contributed by atoms with Gasteiger partial charge in [-0.15, -0.1) is 0 Å². The van der Waals surface area contributed by atoms with Crippen molar-refractivity contribution in [3.05, 3.63) is 118 Å². The molecule has 0 amide bonds. The monoisotopic (exact) mass is 429 g/mol. The highest BCUT2D eigenvalue weighted by Gasteiger charge is 2.29. The number of benzene rings is 3. The van der Waals surface area contributed by atoms with Gasteiger partial charge in [-0.1, -0.05) is 110 Å². The molecular formula is C31H32BN. The van der Waals surface area contributed by atoms with E-state index in [2.05, 4.69) is 107 Å². The molecule has 164 valence electrons. The van der Waals surface area contributed by atoms with Crippen LogP contribution >= 0.6 is 0 Å². The smallest absolute Gasteiger partial charge is 0.243 e. The van der Waals surface area contributed by atoms with Crippen LogP contribution in [0.25, 0.3) is 12.2 Å². The van der Waals surface area contributed by atoms with E-state index < -0.39 is 0 Å². The Labute approximate surface area is 199 Å². The zero-order valence-corrected chi connectivity index (χ0v) is 20.6. The van der Waals surface area contributed by atoms with Crippen LogP contribution in [-0.4, -0.2) is 11.7 Å². The second kappa shape index (κ2) is 9.62. The first-order chi connectivity index (χ1) is 15.8. The largest absolute Gasteiger partial charge is 0.257 e. The first-order valence-corrected chi connectivity index (χ1v) is 11.7. The number of nitrogens with zero attached hydrogens (tertiary/aromatic N) is 1. The van der Waals surface area contributed by atoms with Crippen molar-refractivity contribution in [1.29, 1.82) is 0 Å². The molecule has 4 rings (SSSR count). The predicted molar refractivity (Wildman–Crippen MR) is 146 cm³/mol. The molecule has 0 aliphatic heterocycles. The lowest BCUT2D eigenvalue weighted by atomic mass is 9.33. The van der Waals surface area contributed by atoms with E-state index in [1.807, 2.05) is 24.4 Å². The standard InChI is InChI=1S/C31H32BN/c1-21-17-23(3)30(24(4)18-21)32(31-25(5)19-22(2)20-26(31)6)29-13-8-7-11-27(29)14-15-28-12-9-10-16-33-28/h7-20H,1-6H3/b15-14+. The van der Waals surface area contributed by atoms with Crippen LogP contribution in [0.15, 0.2) is 72.9 Å². The number of hydrogen-bond donors (Lipinski definition) is 0. The van der Waals surface area contributed by atoms with Crippen LogP contribution in [-0.2, 0) is 0 Å². The molecule has 0 radical (unpaired) electrons. The Balaban J connectivity index is 1.98. The Bertz CT molecular complexity index is 1210. The molecule has 0 unspecified atom stereocenters. The predicted octanol–water partition coefficient (Wildman–Crippen LogP) is 5.62. The summed E-state index contributed by atoms with van der Waals surface area (Å²) in [6, 6.07) is 24.1. The molecule has 0 saturated carbocycles. The third kappa shape index (κ3) is 4.85. The summed E-state index contributed by atoms with van der Waals surface area (Å²) >= 11 is 0. The van der Waals surface area contributed by atoms with Crippen LogP contribution in [0.3, 0.4) is 0 Å². The summed E-state index contributed by atoms with van der Waals surface area (Å²) in [5.41, 5.74) is 14.4. The molecule has 0 aliphatic carbocycles. The number of aromatic nitrogens is 1. The van der Waals surface area contributed by atoms with Gasteiger partial charge in [-0.05, 0) is 65.3 Å². The van der Waals surface area contributed by atoms with E-state index in [-0.39, 0.29) is 6.71 Å². The Morgan fingerprint density at radius 1 is 0.606 bits per heavy atom. The topological polar surface area (TPSA) is 12.9 Å². The van der Waals surface area contributed by atoms with Crippen LogP contribution in [0.1, 0.15) is 44.6 Å². The number of pyridine rings is 1. The molecule has 1 aromatic heterocycles. The average Bonchev–Trinajstić information content (AvgIpc) is 2.76. The number of aryl methyl sites for hydroxylation is 6. The van der Waals surface area contributed by atoms with Crippen molar-refractivity contribution in [2.45, 2.75) is 41.5 Å². The molecule has 0 aliphatic rings. The van der Waals surface area contributed by atoms with Gasteiger partial charge >= 0.3 is 0 Å². The van der Waals surface area contributed by atoms with Gasteiger partial charge in [-0.3, -0.25) is 4.98 Å². The number of rotatable bonds is 5. The summed E-state index contributed by atoms with van der Waals surface area (Å²) in [5, 5.41) is 0. The Hall–Kier alpha value is -3.39. The normalized spacial score (nSPS) is 11.2. The van der Waals surface area contributed by atoms with Crippen LogP contribution in [0.2, 0.25) is 0 Å². The SMILES string of the molecule is Cc1cc(C)c(B(c2ccccc2/C=C/c2ccccn2)c2c(C)cc(C)cc2C)c(C)c1. The maximum atomic E-state index is 4.47. The van der Waals surface area contributed by atoms with E-state index in [0.717, 1.165) is 5.69 Å². The summed E-state index contributed by atoms with van der Waals surface area (Å²) in [6.07, 6.45) is 6.16. The fourth-order valence-corrected chi connectivity index (χ4v) is 5.32. The summed E-state index contributed by atoms with van der Waals surface area (Å²) < 4.78 is 0. The van der Waals surface area contributed by atoms with E-state index in [1.54, 1.807) is 0 Å². The minimum Gasteiger partial charge on any atom is -0.257 e. The molecule has 0 bridgehead atoms. The molecule has 3 aromatic carbocycles. The first kappa shape index (κ1) is 22.8. The van der Waals surface area contributed by atoms with Crippen molar-refractivity contribution in [2.75, 3.05) is 0 Å². The van der Waals surface area contributed by atoms with Crippen molar-refractivity contribution in [1.82, 2.24) is 4.98 Å². The van der Waals surface area contributed by atoms with E-state index in [1.165, 1.54) is 55.3 Å². The van der Waals surface area contributed by atoms with E-state index in [4.69, 9.17) is 0 Å². The van der Waals surface area contributed by atoms with Gasteiger partial charge in [0, 0.05) is 6.20 Å². The number of hydrogen-bond acceptors (Lipinski definition) is 1. The van der Waals surface area contributed by atoms with E-state index >= 15 is 0 Å². The quantitative estimate of drug-likeness (QED) is 0.376. The average molecular weight is 429 g/mol. The Kier molecular flexibility index (Phi) is 6.65. The highest BCUT2D eigenvalue weighted by Crippen LogP contribution is 2.15. The molecule has 0 spiro atoms. The molecule has 0 saturated heterocycles. The summed E-state index contributed by atoms with van der Waals surface area (Å²) in [6.45, 7) is 13.6. The van der Waals surface area contributed by atoms with E-state index in [0.29, 0.717) is 0 Å². The summed E-state index contributed by atoms with van der Waals surface area (Å²) in [5.74, 6) is 0. The van der Waals surface area contributed by atoms with Gasteiger partial charge in [-0.2, -0.15) is 0 Å². The highest BCUT2D eigenvalue weighted by molar-refractivity contribution is 6.97. The van der Waals surface area contributed by atoms with Crippen molar-refractivity contribution < 1.29 is 0 Å². The summed E-state index contributed by atoms with van der Waals surface area (Å²) in [7, 11) is 0. The van der Waals surface area contributed by atoms with Gasteiger partial charge in [0.25, 0.3) is 0 Å². The van der Waals surface area contributed by atoms with Gasteiger partial charge in [0.2, 0.25) is 6.71 Å². The van der Waals surface area contributed by atoms with Crippen molar-refractivity contribution >= 4 is 35.3 Å². The Morgan fingerprint density at radius 3 is 1.64 bits per heavy atom. The molecule has 4 aromatic rings. The zero-order chi connectivity index (χ0) is 23.5. The molecule has 0 atom stereocenters. The lowest BCUT2D eigenvalue weighted by molar-refractivity contribution is 1.30. The second-order valence-corrected chi connectivity index (χ2v) is 9.27. The maximum absolute atomic E-state index is 4.47. The minimum atomic E-state index is 0.163. The third-order valence-electron chi connectivity index (χ3n) is 6.48. The van der Waals surface area contributed by atoms with Gasteiger partial charge in [0.15, 0.2) is 0 Å². The van der Waals surface area contributed by atoms with Crippen molar-refractivity contribution in [2.24, 2.45) is 0 Å². The lowest BCUT2D eigenvalue weighted by Gasteiger charge is -2.25. The van der Waals surface area contributed by atoms with Gasteiger partial charge in [-0.25, -0.2) is 0 Å². The molecule has 33 heavy (non-hydrogen) atoms. The van der Waals surface area contributed by atoms with Gasteiger partial charge in [0.1, 0.15) is 0 Å². The molecule has 1 nitrogen and oxygen atoms in total. The molecule has 0 N–H and O–H groups in total. The fourth-order valence-electron chi connectivity index (χ4n) is 5.32. The third-order valence-corrected chi connectivity index (χ3v) is 6.48. The summed E-state index contributed by atoms with van der Waals surface area (Å²) in [4.78, 5) is 4.47. The van der Waals surface area contributed by atoms with Gasteiger partial charge in [0.05, 0.1) is 5.69 Å². The van der Waals surface area contributed by atoms with Crippen molar-refractivity contribution in [3.8, 4) is 0 Å². The fraction of sp³-hybridized carbons (Fsp3) is 0.194. The second-order valence-electron chi connectivity index (χ2n) is 9.27.